The zero-order chi connectivity index (χ0) is 17.4. The molecule has 2 aromatic rings. The summed E-state index contributed by atoms with van der Waals surface area (Å²) in [4.78, 5) is 22.2. The van der Waals surface area contributed by atoms with Gasteiger partial charge in [-0.3, -0.25) is 9.69 Å². The van der Waals surface area contributed by atoms with Crippen LogP contribution in [0.5, 0.6) is 0 Å². The SMILES string of the molecule is CC(C)[C@H]1CN(C(=O)c2ccc3ncsc3c2)CCCN1CC1CC1. The van der Waals surface area contributed by atoms with Gasteiger partial charge in [-0.15, -0.1) is 11.3 Å². The Bertz CT molecular complexity index is 752. The van der Waals surface area contributed by atoms with Gasteiger partial charge in [-0.25, -0.2) is 4.98 Å². The van der Waals surface area contributed by atoms with Gasteiger partial charge in [-0.05, 0) is 49.3 Å². The maximum absolute atomic E-state index is 13.1. The van der Waals surface area contributed by atoms with Gasteiger partial charge in [0.15, 0.2) is 0 Å². The summed E-state index contributed by atoms with van der Waals surface area (Å²) in [6.07, 6.45) is 3.85. The molecule has 0 radical (unpaired) electrons. The highest BCUT2D eigenvalue weighted by molar-refractivity contribution is 7.16. The molecule has 1 aliphatic heterocycles. The monoisotopic (exact) mass is 357 g/mol. The third kappa shape index (κ3) is 3.72. The van der Waals surface area contributed by atoms with Crippen LogP contribution in [0.1, 0.15) is 43.5 Å². The number of amides is 1. The largest absolute Gasteiger partial charge is 0.337 e. The third-order valence-electron chi connectivity index (χ3n) is 5.57. The van der Waals surface area contributed by atoms with Gasteiger partial charge < -0.3 is 4.90 Å². The van der Waals surface area contributed by atoms with E-state index in [1.807, 2.05) is 23.7 Å². The molecule has 5 heteroatoms. The average molecular weight is 358 g/mol. The number of carbonyl (C=O) groups is 1. The predicted octanol–water partition coefficient (Wildman–Crippen LogP) is 3.88. The molecular formula is C20H27N3OS. The van der Waals surface area contributed by atoms with E-state index in [1.54, 1.807) is 11.3 Å². The highest BCUT2D eigenvalue weighted by Gasteiger charge is 2.33. The van der Waals surface area contributed by atoms with Crippen LogP contribution >= 0.6 is 11.3 Å². The van der Waals surface area contributed by atoms with E-state index in [4.69, 9.17) is 0 Å². The molecule has 0 unspecified atom stereocenters. The smallest absolute Gasteiger partial charge is 0.253 e. The van der Waals surface area contributed by atoms with E-state index in [9.17, 15) is 4.79 Å². The van der Waals surface area contributed by atoms with Crippen LogP contribution in [0.2, 0.25) is 0 Å². The molecule has 4 rings (SSSR count). The van der Waals surface area contributed by atoms with Crippen LogP contribution in [0.4, 0.5) is 0 Å². The highest BCUT2D eigenvalue weighted by atomic mass is 32.1. The normalized spacial score (nSPS) is 22.5. The van der Waals surface area contributed by atoms with Gasteiger partial charge in [0.2, 0.25) is 0 Å². The Balaban J connectivity index is 1.52. The fourth-order valence-corrected chi connectivity index (χ4v) is 4.63. The number of nitrogens with zero attached hydrogens (tertiary/aromatic N) is 3. The Hall–Kier alpha value is -1.46. The minimum atomic E-state index is 0.175. The van der Waals surface area contributed by atoms with Crippen molar-refractivity contribution in [1.29, 1.82) is 0 Å². The Morgan fingerprint density at radius 2 is 2.16 bits per heavy atom. The number of rotatable bonds is 4. The van der Waals surface area contributed by atoms with E-state index in [-0.39, 0.29) is 5.91 Å². The second-order valence-corrected chi connectivity index (χ2v) is 8.78. The molecule has 0 spiro atoms. The molecule has 25 heavy (non-hydrogen) atoms. The number of hydrogen-bond acceptors (Lipinski definition) is 4. The van der Waals surface area contributed by atoms with Crippen molar-refractivity contribution in [3.63, 3.8) is 0 Å². The first-order chi connectivity index (χ1) is 12.1. The molecule has 134 valence electrons. The number of carbonyl (C=O) groups excluding carboxylic acids is 1. The minimum absolute atomic E-state index is 0.175. The summed E-state index contributed by atoms with van der Waals surface area (Å²) in [6.45, 7) is 8.65. The fourth-order valence-electron chi connectivity index (χ4n) is 3.91. The summed E-state index contributed by atoms with van der Waals surface area (Å²) in [5.41, 5.74) is 3.62. The number of aromatic nitrogens is 1. The predicted molar refractivity (Wildman–Crippen MR) is 103 cm³/mol. The molecule has 0 bridgehead atoms. The van der Waals surface area contributed by atoms with Gasteiger partial charge in [0, 0.05) is 37.8 Å². The lowest BCUT2D eigenvalue weighted by molar-refractivity contribution is 0.0704. The molecule has 2 heterocycles. The van der Waals surface area contributed by atoms with E-state index in [0.29, 0.717) is 12.0 Å². The van der Waals surface area contributed by atoms with Crippen LogP contribution in [0, 0.1) is 11.8 Å². The molecular weight excluding hydrogens is 330 g/mol. The number of benzene rings is 1. The molecule has 1 aliphatic carbocycles. The van der Waals surface area contributed by atoms with Crippen molar-refractivity contribution in [2.75, 3.05) is 26.2 Å². The topological polar surface area (TPSA) is 36.4 Å². The van der Waals surface area contributed by atoms with Crippen LogP contribution < -0.4 is 0 Å². The van der Waals surface area contributed by atoms with Crippen LogP contribution in [0.3, 0.4) is 0 Å². The zero-order valence-corrected chi connectivity index (χ0v) is 16.0. The molecule has 2 aliphatic rings. The van der Waals surface area contributed by atoms with Crippen LogP contribution in [-0.2, 0) is 0 Å². The maximum atomic E-state index is 13.1. The first-order valence-corrected chi connectivity index (χ1v) is 10.4. The highest BCUT2D eigenvalue weighted by Crippen LogP contribution is 2.32. The van der Waals surface area contributed by atoms with E-state index >= 15 is 0 Å². The Morgan fingerprint density at radius 1 is 1.32 bits per heavy atom. The molecule has 1 saturated heterocycles. The molecule has 0 N–H and O–H groups in total. The Labute approximate surface area is 153 Å². The van der Waals surface area contributed by atoms with Gasteiger partial charge in [0.1, 0.15) is 0 Å². The van der Waals surface area contributed by atoms with Crippen molar-refractivity contribution in [3.05, 3.63) is 29.3 Å². The van der Waals surface area contributed by atoms with Crippen LogP contribution in [0.15, 0.2) is 23.7 Å². The van der Waals surface area contributed by atoms with Crippen molar-refractivity contribution in [3.8, 4) is 0 Å². The van der Waals surface area contributed by atoms with E-state index in [1.165, 1.54) is 19.4 Å². The molecule has 1 atom stereocenters. The lowest BCUT2D eigenvalue weighted by Crippen LogP contribution is -2.46. The van der Waals surface area contributed by atoms with Crippen molar-refractivity contribution in [2.24, 2.45) is 11.8 Å². The Kier molecular flexibility index (Phi) is 4.78. The van der Waals surface area contributed by atoms with Gasteiger partial charge in [0.05, 0.1) is 15.7 Å². The van der Waals surface area contributed by atoms with Crippen LogP contribution in [0.25, 0.3) is 10.2 Å². The maximum Gasteiger partial charge on any atom is 0.253 e. The number of hydrogen-bond donors (Lipinski definition) is 0. The lowest BCUT2D eigenvalue weighted by Gasteiger charge is -2.34. The molecule has 1 aromatic heterocycles. The summed E-state index contributed by atoms with van der Waals surface area (Å²) in [5.74, 6) is 1.64. The van der Waals surface area contributed by atoms with Crippen molar-refractivity contribution in [2.45, 2.75) is 39.2 Å². The summed E-state index contributed by atoms with van der Waals surface area (Å²) in [5, 5.41) is 0. The first kappa shape index (κ1) is 17.0. The van der Waals surface area contributed by atoms with Crippen molar-refractivity contribution >= 4 is 27.5 Å². The number of thiazole rings is 1. The van der Waals surface area contributed by atoms with Gasteiger partial charge in [0.25, 0.3) is 5.91 Å². The van der Waals surface area contributed by atoms with E-state index in [2.05, 4.69) is 28.6 Å². The zero-order valence-electron chi connectivity index (χ0n) is 15.1. The van der Waals surface area contributed by atoms with Crippen molar-refractivity contribution in [1.82, 2.24) is 14.8 Å². The standard InChI is InChI=1S/C20H27N3OS/c1-14(2)18-12-23(9-3-8-22(18)11-15-4-5-15)20(24)16-6-7-17-19(10-16)25-13-21-17/h6-7,10,13-15,18H,3-5,8-9,11-12H2,1-2H3/t18-/m1/s1. The van der Waals surface area contributed by atoms with Crippen LogP contribution in [-0.4, -0.2) is 52.9 Å². The summed E-state index contributed by atoms with van der Waals surface area (Å²) >= 11 is 1.60. The first-order valence-electron chi connectivity index (χ1n) is 9.48. The third-order valence-corrected chi connectivity index (χ3v) is 6.37. The second kappa shape index (κ2) is 7.04. The summed E-state index contributed by atoms with van der Waals surface area (Å²) < 4.78 is 1.09. The van der Waals surface area contributed by atoms with Gasteiger partial charge in [-0.2, -0.15) is 0 Å². The lowest BCUT2D eigenvalue weighted by atomic mass is 10.0. The molecule has 1 aromatic carbocycles. The summed E-state index contributed by atoms with van der Waals surface area (Å²) in [7, 11) is 0. The molecule has 4 nitrogen and oxygen atoms in total. The van der Waals surface area contributed by atoms with E-state index in [0.717, 1.165) is 47.8 Å². The quantitative estimate of drug-likeness (QED) is 0.833. The number of fused-ring (bicyclic) bond motifs is 1. The fraction of sp³-hybridized carbons (Fsp3) is 0.600. The van der Waals surface area contributed by atoms with Gasteiger partial charge in [-0.1, -0.05) is 13.8 Å². The Morgan fingerprint density at radius 3 is 2.92 bits per heavy atom. The summed E-state index contributed by atoms with van der Waals surface area (Å²) in [6, 6.07) is 6.38. The molecule has 1 amide bonds. The minimum Gasteiger partial charge on any atom is -0.337 e. The molecule has 1 saturated carbocycles. The average Bonchev–Trinajstić information content (AvgIpc) is 3.34. The second-order valence-electron chi connectivity index (χ2n) is 7.89. The van der Waals surface area contributed by atoms with Gasteiger partial charge >= 0.3 is 0 Å². The molecule has 2 fully saturated rings. The van der Waals surface area contributed by atoms with Crippen molar-refractivity contribution < 1.29 is 4.79 Å². The van der Waals surface area contributed by atoms with E-state index < -0.39 is 0 Å².